The molecule has 0 saturated carbocycles. The Morgan fingerprint density at radius 1 is 1.32 bits per heavy atom. The molecule has 1 aromatic carbocycles. The molecular formula is C19H31ClN2O3. The Bertz CT molecular complexity index is 586. The molecule has 6 heteroatoms. The first kappa shape index (κ1) is 21.6. The zero-order valence-corrected chi connectivity index (χ0v) is 17.2. The van der Waals surface area contributed by atoms with Gasteiger partial charge in [0.05, 0.1) is 18.7 Å². The number of nitrogens with zero attached hydrogens (tertiary/aromatic N) is 1. The van der Waals surface area contributed by atoms with Crippen molar-refractivity contribution in [2.75, 3.05) is 40.9 Å². The number of ether oxygens (including phenoxy) is 2. The van der Waals surface area contributed by atoms with Gasteiger partial charge in [0, 0.05) is 18.7 Å². The van der Waals surface area contributed by atoms with Crippen LogP contribution >= 0.6 is 11.6 Å². The van der Waals surface area contributed by atoms with Crippen LogP contribution in [0.3, 0.4) is 0 Å². The van der Waals surface area contributed by atoms with Crippen LogP contribution in [0.25, 0.3) is 0 Å². The highest BCUT2D eigenvalue weighted by Crippen LogP contribution is 2.36. The van der Waals surface area contributed by atoms with Gasteiger partial charge in [0.2, 0.25) is 0 Å². The Morgan fingerprint density at radius 3 is 2.48 bits per heavy atom. The molecule has 0 bridgehead atoms. The van der Waals surface area contributed by atoms with Crippen molar-refractivity contribution in [3.63, 3.8) is 0 Å². The van der Waals surface area contributed by atoms with Crippen LogP contribution in [-0.2, 0) is 0 Å². The number of carbonyl (C=O) groups is 1. The second-order valence-corrected chi connectivity index (χ2v) is 8.19. The van der Waals surface area contributed by atoms with Gasteiger partial charge in [0.15, 0.2) is 11.5 Å². The van der Waals surface area contributed by atoms with Crippen molar-refractivity contribution in [3.05, 3.63) is 22.7 Å². The minimum atomic E-state index is -0.178. The first-order chi connectivity index (χ1) is 11.6. The molecule has 0 spiro atoms. The van der Waals surface area contributed by atoms with Gasteiger partial charge in [0.1, 0.15) is 0 Å². The normalized spacial score (nSPS) is 11.8. The number of nitrogens with one attached hydrogen (secondary N) is 1. The lowest BCUT2D eigenvalue weighted by Gasteiger charge is -2.28. The average Bonchev–Trinajstić information content (AvgIpc) is 2.49. The van der Waals surface area contributed by atoms with Crippen molar-refractivity contribution < 1.29 is 14.3 Å². The largest absolute Gasteiger partial charge is 0.493 e. The summed E-state index contributed by atoms with van der Waals surface area (Å²) in [5.74, 6) is 1.12. The van der Waals surface area contributed by atoms with E-state index in [4.69, 9.17) is 21.1 Å². The van der Waals surface area contributed by atoms with Gasteiger partial charge in [-0.3, -0.25) is 4.79 Å². The van der Waals surface area contributed by atoms with Crippen LogP contribution < -0.4 is 14.8 Å². The molecule has 0 aliphatic rings. The van der Waals surface area contributed by atoms with Crippen LogP contribution in [0.4, 0.5) is 0 Å². The van der Waals surface area contributed by atoms with Crippen LogP contribution in [0.5, 0.6) is 11.5 Å². The molecule has 0 fully saturated rings. The zero-order valence-electron chi connectivity index (χ0n) is 16.4. The summed E-state index contributed by atoms with van der Waals surface area (Å²) in [7, 11) is 5.57. The molecule has 0 heterocycles. The van der Waals surface area contributed by atoms with E-state index < -0.39 is 0 Å². The van der Waals surface area contributed by atoms with Gasteiger partial charge in [0.25, 0.3) is 5.91 Å². The van der Waals surface area contributed by atoms with Crippen LogP contribution in [-0.4, -0.2) is 51.7 Å². The van der Waals surface area contributed by atoms with E-state index in [0.29, 0.717) is 41.2 Å². The van der Waals surface area contributed by atoms with E-state index in [0.717, 1.165) is 6.54 Å². The summed E-state index contributed by atoms with van der Waals surface area (Å²) in [6, 6.07) is 3.28. The molecule has 0 saturated heterocycles. The van der Waals surface area contributed by atoms with E-state index in [-0.39, 0.29) is 11.3 Å². The average molecular weight is 371 g/mol. The van der Waals surface area contributed by atoms with Gasteiger partial charge in [-0.25, -0.2) is 0 Å². The lowest BCUT2D eigenvalue weighted by Crippen LogP contribution is -2.40. The fourth-order valence-electron chi connectivity index (χ4n) is 2.57. The fourth-order valence-corrected chi connectivity index (χ4v) is 2.84. The number of halogens is 1. The first-order valence-electron chi connectivity index (χ1n) is 8.49. The molecular weight excluding hydrogens is 340 g/mol. The van der Waals surface area contributed by atoms with E-state index >= 15 is 0 Å². The quantitative estimate of drug-likeness (QED) is 0.720. The van der Waals surface area contributed by atoms with Crippen molar-refractivity contribution in [2.45, 2.75) is 27.7 Å². The van der Waals surface area contributed by atoms with E-state index in [1.165, 1.54) is 7.11 Å². The van der Waals surface area contributed by atoms with E-state index in [1.54, 1.807) is 12.1 Å². The highest BCUT2D eigenvalue weighted by molar-refractivity contribution is 6.32. The molecule has 1 aromatic rings. The van der Waals surface area contributed by atoms with Crippen molar-refractivity contribution in [3.8, 4) is 11.5 Å². The minimum Gasteiger partial charge on any atom is -0.493 e. The molecule has 1 rings (SSSR count). The predicted molar refractivity (Wildman–Crippen MR) is 103 cm³/mol. The van der Waals surface area contributed by atoms with Gasteiger partial charge < -0.3 is 19.7 Å². The number of hydrogen-bond acceptors (Lipinski definition) is 4. The Morgan fingerprint density at radius 2 is 1.96 bits per heavy atom. The zero-order chi connectivity index (χ0) is 19.2. The number of benzene rings is 1. The standard InChI is InChI=1S/C19H31ClN2O3/c1-13(2)10-25-17-15(20)8-14(9-16(17)24-7)18(23)21-11-19(3,4)12-22(5)6/h8-9,13H,10-12H2,1-7H3,(H,21,23). The highest BCUT2D eigenvalue weighted by atomic mass is 35.5. The number of methoxy groups -OCH3 is 1. The van der Waals surface area contributed by atoms with Crippen molar-refractivity contribution in [1.82, 2.24) is 10.2 Å². The lowest BCUT2D eigenvalue weighted by atomic mass is 9.93. The Hall–Kier alpha value is -1.46. The molecule has 0 unspecified atom stereocenters. The molecule has 25 heavy (non-hydrogen) atoms. The number of rotatable bonds is 9. The summed E-state index contributed by atoms with van der Waals surface area (Å²) in [5, 5.41) is 3.35. The van der Waals surface area contributed by atoms with Crippen molar-refractivity contribution >= 4 is 17.5 Å². The highest BCUT2D eigenvalue weighted by Gasteiger charge is 2.21. The number of amides is 1. The summed E-state index contributed by atoms with van der Waals surface area (Å²) in [5.41, 5.74) is 0.423. The summed E-state index contributed by atoms with van der Waals surface area (Å²) in [6.45, 7) is 10.3. The topological polar surface area (TPSA) is 50.8 Å². The third kappa shape index (κ3) is 7.12. The maximum atomic E-state index is 12.5. The molecule has 1 N–H and O–H groups in total. The van der Waals surface area contributed by atoms with Gasteiger partial charge in [-0.1, -0.05) is 39.3 Å². The Kier molecular flexibility index (Phi) is 8.03. The van der Waals surface area contributed by atoms with E-state index in [1.807, 2.05) is 14.1 Å². The van der Waals surface area contributed by atoms with Crippen LogP contribution in [0, 0.1) is 11.3 Å². The maximum absolute atomic E-state index is 12.5. The van der Waals surface area contributed by atoms with E-state index in [2.05, 4.69) is 37.9 Å². The molecule has 0 aliphatic heterocycles. The monoisotopic (exact) mass is 370 g/mol. The lowest BCUT2D eigenvalue weighted by molar-refractivity contribution is 0.0928. The van der Waals surface area contributed by atoms with Gasteiger partial charge in [-0.2, -0.15) is 0 Å². The summed E-state index contributed by atoms with van der Waals surface area (Å²) >= 11 is 6.31. The van der Waals surface area contributed by atoms with E-state index in [9.17, 15) is 4.79 Å². The molecule has 0 radical (unpaired) electrons. The van der Waals surface area contributed by atoms with Crippen LogP contribution in [0.2, 0.25) is 5.02 Å². The fraction of sp³-hybridized carbons (Fsp3) is 0.632. The Labute approximate surface area is 156 Å². The summed E-state index contributed by atoms with van der Waals surface area (Å²) < 4.78 is 11.1. The predicted octanol–water partition coefficient (Wildman–Crippen LogP) is 3.70. The summed E-state index contributed by atoms with van der Waals surface area (Å²) in [4.78, 5) is 14.6. The smallest absolute Gasteiger partial charge is 0.251 e. The van der Waals surface area contributed by atoms with Crippen LogP contribution in [0.1, 0.15) is 38.1 Å². The van der Waals surface area contributed by atoms with Gasteiger partial charge in [-0.15, -0.1) is 0 Å². The Balaban J connectivity index is 2.87. The van der Waals surface area contributed by atoms with Gasteiger partial charge >= 0.3 is 0 Å². The number of carbonyl (C=O) groups excluding carboxylic acids is 1. The first-order valence-corrected chi connectivity index (χ1v) is 8.87. The van der Waals surface area contributed by atoms with Crippen LogP contribution in [0.15, 0.2) is 12.1 Å². The van der Waals surface area contributed by atoms with Gasteiger partial charge in [-0.05, 0) is 37.6 Å². The molecule has 0 atom stereocenters. The van der Waals surface area contributed by atoms with Crippen molar-refractivity contribution in [2.24, 2.45) is 11.3 Å². The SMILES string of the molecule is COc1cc(C(=O)NCC(C)(C)CN(C)C)cc(Cl)c1OCC(C)C. The third-order valence-electron chi connectivity index (χ3n) is 3.52. The molecule has 5 nitrogen and oxygen atoms in total. The second kappa shape index (κ2) is 9.30. The molecule has 0 aliphatic carbocycles. The van der Waals surface area contributed by atoms with Crippen molar-refractivity contribution in [1.29, 1.82) is 0 Å². The molecule has 0 aromatic heterocycles. The maximum Gasteiger partial charge on any atom is 0.251 e. The molecule has 142 valence electrons. The molecule has 1 amide bonds. The minimum absolute atomic E-state index is 0.0344. The summed E-state index contributed by atoms with van der Waals surface area (Å²) in [6.07, 6.45) is 0. The number of hydrogen-bond donors (Lipinski definition) is 1. The third-order valence-corrected chi connectivity index (χ3v) is 3.81. The second-order valence-electron chi connectivity index (χ2n) is 7.78.